The van der Waals surface area contributed by atoms with Gasteiger partial charge in [0.2, 0.25) is 5.91 Å². The van der Waals surface area contributed by atoms with Crippen LogP contribution in [-0.2, 0) is 17.8 Å². The molecule has 0 bridgehead atoms. The van der Waals surface area contributed by atoms with E-state index in [2.05, 4.69) is 40.9 Å². The van der Waals surface area contributed by atoms with Crippen molar-refractivity contribution in [3.05, 3.63) is 71.3 Å². The maximum absolute atomic E-state index is 12.7. The molecule has 0 spiro atoms. The number of ether oxygens (including phenoxy) is 1. The third-order valence-electron chi connectivity index (χ3n) is 7.31. The summed E-state index contributed by atoms with van der Waals surface area (Å²) in [5.41, 5.74) is 3.01. The molecule has 2 aromatic rings. The molecule has 5 heteroatoms. The highest BCUT2D eigenvalue weighted by molar-refractivity contribution is 8.02. The molecule has 4 nitrogen and oxygen atoms in total. The topological polar surface area (TPSA) is 41.6 Å². The molecular weight excluding hydrogens is 500 g/mol. The molecule has 0 saturated heterocycles. The van der Waals surface area contributed by atoms with E-state index in [1.807, 2.05) is 48.2 Å². The molecule has 0 fully saturated rings. The Morgan fingerprint density at radius 1 is 0.821 bits per heavy atom. The van der Waals surface area contributed by atoms with Crippen LogP contribution in [0.25, 0.3) is 0 Å². The molecule has 0 aliphatic carbocycles. The van der Waals surface area contributed by atoms with Crippen molar-refractivity contribution in [2.45, 2.75) is 110 Å². The number of carbonyl (C=O) groups is 1. The first-order chi connectivity index (χ1) is 19.2. The zero-order chi connectivity index (χ0) is 27.4. The van der Waals surface area contributed by atoms with Crippen LogP contribution in [0.3, 0.4) is 0 Å². The van der Waals surface area contributed by atoms with Crippen LogP contribution in [0.4, 0.5) is 5.69 Å². The Balaban J connectivity index is 1.24. The summed E-state index contributed by atoms with van der Waals surface area (Å²) in [6.07, 6.45) is 21.4. The number of amides is 1. The third kappa shape index (κ3) is 13.5. The molecule has 1 N–H and O–H groups in total. The first-order valence-electron chi connectivity index (χ1n) is 15.4. The van der Waals surface area contributed by atoms with Crippen molar-refractivity contribution in [3.8, 4) is 5.75 Å². The Bertz CT molecular complexity index is 960. The fourth-order valence-electron chi connectivity index (χ4n) is 4.98. The second-order valence-corrected chi connectivity index (χ2v) is 11.7. The molecule has 3 rings (SSSR count). The standard InChI is InChI=1S/C34H50N2O2S/c1-2-3-4-5-6-7-8-9-10-11-12-13-14-17-25-38-33-19-16-15-18-31(33)27-34(37)35-32-22-20-30(21-23-32)28-36-24-26-39-29-36/h15-16,18-24,26H,2-14,17,25,27-29H2,1H3,(H,35,37). The van der Waals surface area contributed by atoms with E-state index in [1.54, 1.807) is 0 Å². The van der Waals surface area contributed by atoms with E-state index < -0.39 is 0 Å². The maximum atomic E-state index is 12.7. The van der Waals surface area contributed by atoms with Crippen LogP contribution < -0.4 is 10.1 Å². The van der Waals surface area contributed by atoms with Crippen LogP contribution in [0.2, 0.25) is 0 Å². The van der Waals surface area contributed by atoms with Crippen molar-refractivity contribution in [2.24, 2.45) is 0 Å². The molecular formula is C34H50N2O2S. The van der Waals surface area contributed by atoms with Crippen molar-refractivity contribution in [2.75, 3.05) is 17.8 Å². The number of hydrogen-bond donors (Lipinski definition) is 1. The maximum Gasteiger partial charge on any atom is 0.228 e. The fourth-order valence-corrected chi connectivity index (χ4v) is 5.70. The largest absolute Gasteiger partial charge is 0.493 e. The highest BCUT2D eigenvalue weighted by Crippen LogP contribution is 2.22. The van der Waals surface area contributed by atoms with Gasteiger partial charge in [0.25, 0.3) is 0 Å². The summed E-state index contributed by atoms with van der Waals surface area (Å²) in [7, 11) is 0. The summed E-state index contributed by atoms with van der Waals surface area (Å²) in [6.45, 7) is 3.88. The molecule has 0 aromatic heterocycles. The summed E-state index contributed by atoms with van der Waals surface area (Å²) < 4.78 is 6.08. The Morgan fingerprint density at radius 3 is 2.05 bits per heavy atom. The molecule has 2 aromatic carbocycles. The predicted molar refractivity (Wildman–Crippen MR) is 168 cm³/mol. The number of benzene rings is 2. The van der Waals surface area contributed by atoms with Gasteiger partial charge in [0.15, 0.2) is 0 Å². The number of anilines is 1. The Hall–Kier alpha value is -2.40. The molecule has 1 amide bonds. The van der Waals surface area contributed by atoms with E-state index in [9.17, 15) is 4.79 Å². The molecule has 1 heterocycles. The molecule has 1 aliphatic rings. The number of carbonyl (C=O) groups excluding carboxylic acids is 1. The molecule has 214 valence electrons. The van der Waals surface area contributed by atoms with Crippen LogP contribution >= 0.6 is 11.8 Å². The van der Waals surface area contributed by atoms with Crippen molar-refractivity contribution in [1.82, 2.24) is 4.90 Å². The van der Waals surface area contributed by atoms with Gasteiger partial charge in [-0.1, -0.05) is 121 Å². The lowest BCUT2D eigenvalue weighted by atomic mass is 10.0. The summed E-state index contributed by atoms with van der Waals surface area (Å²) in [5, 5.41) is 5.16. The van der Waals surface area contributed by atoms with Crippen molar-refractivity contribution >= 4 is 23.4 Å². The minimum absolute atomic E-state index is 0.0193. The average molecular weight is 551 g/mol. The summed E-state index contributed by atoms with van der Waals surface area (Å²) in [5.74, 6) is 1.81. The molecule has 0 unspecified atom stereocenters. The Labute approximate surface area is 242 Å². The van der Waals surface area contributed by atoms with Gasteiger partial charge in [-0.2, -0.15) is 0 Å². The van der Waals surface area contributed by atoms with Gasteiger partial charge in [0, 0.05) is 24.0 Å². The third-order valence-corrected chi connectivity index (χ3v) is 8.11. The van der Waals surface area contributed by atoms with Crippen LogP contribution in [0, 0.1) is 0 Å². The lowest BCUT2D eigenvalue weighted by Crippen LogP contribution is -2.15. The van der Waals surface area contributed by atoms with E-state index in [1.165, 1.54) is 89.0 Å². The van der Waals surface area contributed by atoms with Crippen LogP contribution in [0.1, 0.15) is 108 Å². The first kappa shape index (κ1) is 31.1. The second-order valence-electron chi connectivity index (χ2n) is 10.8. The van der Waals surface area contributed by atoms with Crippen LogP contribution in [0.15, 0.2) is 60.1 Å². The molecule has 1 aliphatic heterocycles. The highest BCUT2D eigenvalue weighted by atomic mass is 32.2. The molecule has 39 heavy (non-hydrogen) atoms. The summed E-state index contributed by atoms with van der Waals surface area (Å²) >= 11 is 1.81. The number of hydrogen-bond acceptors (Lipinski definition) is 4. The number of thioether (sulfide) groups is 1. The first-order valence-corrected chi connectivity index (χ1v) is 16.4. The lowest BCUT2D eigenvalue weighted by Gasteiger charge is -2.15. The molecule has 0 atom stereocenters. The Morgan fingerprint density at radius 2 is 1.44 bits per heavy atom. The van der Waals surface area contributed by atoms with Gasteiger partial charge in [-0.05, 0) is 35.6 Å². The van der Waals surface area contributed by atoms with E-state index in [-0.39, 0.29) is 5.91 Å². The number of nitrogens with one attached hydrogen (secondary N) is 1. The lowest BCUT2D eigenvalue weighted by molar-refractivity contribution is -0.115. The van der Waals surface area contributed by atoms with E-state index >= 15 is 0 Å². The SMILES string of the molecule is CCCCCCCCCCCCCCCCOc1ccccc1CC(=O)Nc1ccc(CN2C=CSC2)cc1. The van der Waals surface area contributed by atoms with E-state index in [0.717, 1.165) is 35.8 Å². The predicted octanol–water partition coefficient (Wildman–Crippen LogP) is 9.71. The van der Waals surface area contributed by atoms with Gasteiger partial charge in [-0.25, -0.2) is 0 Å². The Kier molecular flexibility index (Phi) is 15.7. The van der Waals surface area contributed by atoms with Gasteiger partial charge < -0.3 is 15.0 Å². The minimum Gasteiger partial charge on any atom is -0.493 e. The normalized spacial score (nSPS) is 12.7. The van der Waals surface area contributed by atoms with Crippen molar-refractivity contribution < 1.29 is 9.53 Å². The quantitative estimate of drug-likeness (QED) is 0.157. The van der Waals surface area contributed by atoms with Gasteiger partial charge in [-0.15, -0.1) is 11.8 Å². The molecule has 0 saturated carbocycles. The van der Waals surface area contributed by atoms with Crippen LogP contribution in [-0.4, -0.2) is 23.3 Å². The second kappa shape index (κ2) is 19.6. The van der Waals surface area contributed by atoms with Crippen molar-refractivity contribution in [3.63, 3.8) is 0 Å². The van der Waals surface area contributed by atoms with E-state index in [0.29, 0.717) is 13.0 Å². The number of rotatable bonds is 21. The smallest absolute Gasteiger partial charge is 0.228 e. The zero-order valence-corrected chi connectivity index (χ0v) is 25.0. The van der Waals surface area contributed by atoms with Gasteiger partial charge in [-0.3, -0.25) is 4.79 Å². The number of nitrogens with zero attached hydrogens (tertiary/aromatic N) is 1. The fraction of sp³-hybridized carbons (Fsp3) is 0.559. The van der Waals surface area contributed by atoms with E-state index in [4.69, 9.17) is 4.74 Å². The average Bonchev–Trinajstić information content (AvgIpc) is 3.46. The van der Waals surface area contributed by atoms with Crippen LogP contribution in [0.5, 0.6) is 5.75 Å². The zero-order valence-electron chi connectivity index (χ0n) is 24.2. The number of para-hydroxylation sites is 1. The number of unbranched alkanes of at least 4 members (excludes halogenated alkanes) is 13. The van der Waals surface area contributed by atoms with Gasteiger partial charge in [0.05, 0.1) is 18.9 Å². The summed E-state index contributed by atoms with van der Waals surface area (Å²) in [4.78, 5) is 15.0. The highest BCUT2D eigenvalue weighted by Gasteiger charge is 2.10. The minimum atomic E-state index is -0.0193. The molecule has 0 radical (unpaired) electrons. The van der Waals surface area contributed by atoms with Crippen molar-refractivity contribution in [1.29, 1.82) is 0 Å². The van der Waals surface area contributed by atoms with Gasteiger partial charge in [0.1, 0.15) is 5.75 Å². The van der Waals surface area contributed by atoms with Gasteiger partial charge >= 0.3 is 0 Å². The summed E-state index contributed by atoms with van der Waals surface area (Å²) in [6, 6.07) is 16.1. The monoisotopic (exact) mass is 550 g/mol.